The van der Waals surface area contributed by atoms with Crippen molar-refractivity contribution < 1.29 is 27.1 Å². The first-order chi connectivity index (χ1) is 13.0. The van der Waals surface area contributed by atoms with Crippen molar-refractivity contribution in [3.8, 4) is 5.75 Å². The van der Waals surface area contributed by atoms with E-state index in [9.17, 15) is 13.2 Å². The van der Waals surface area contributed by atoms with Crippen molar-refractivity contribution in [1.29, 1.82) is 0 Å². The molecule has 0 aliphatic heterocycles. The van der Waals surface area contributed by atoms with Crippen LogP contribution >= 0.6 is 0 Å². The lowest BCUT2D eigenvalue weighted by atomic mass is 10.2. The molecule has 1 aromatic heterocycles. The summed E-state index contributed by atoms with van der Waals surface area (Å²) in [5.74, 6) is 1.02. The fraction of sp³-hybridized carbons (Fsp3) is 0.389. The maximum Gasteiger partial charge on any atom is 0.573 e. The third-order valence-electron chi connectivity index (χ3n) is 3.45. The second kappa shape index (κ2) is 10.5. The molecule has 148 valence electrons. The molecular formula is C18H22F3N3O3. The van der Waals surface area contributed by atoms with E-state index < -0.39 is 6.36 Å². The van der Waals surface area contributed by atoms with Gasteiger partial charge in [-0.25, -0.2) is 4.99 Å². The zero-order valence-corrected chi connectivity index (χ0v) is 14.9. The molecule has 2 rings (SSSR count). The second-order valence-electron chi connectivity index (χ2n) is 5.50. The number of para-hydroxylation sites is 1. The average Bonchev–Trinajstić information content (AvgIpc) is 3.12. The van der Waals surface area contributed by atoms with Crippen LogP contribution in [-0.2, 0) is 17.7 Å². The third-order valence-corrected chi connectivity index (χ3v) is 3.45. The topological polar surface area (TPSA) is 68.0 Å². The molecule has 0 saturated carbocycles. The molecule has 0 fully saturated rings. The third kappa shape index (κ3) is 8.04. The van der Waals surface area contributed by atoms with Gasteiger partial charge in [0.2, 0.25) is 0 Å². The molecule has 2 N–H and O–H groups in total. The molecule has 1 heterocycles. The summed E-state index contributed by atoms with van der Waals surface area (Å²) in [6, 6.07) is 9.59. The Morgan fingerprint density at radius 1 is 1.11 bits per heavy atom. The highest BCUT2D eigenvalue weighted by atomic mass is 19.4. The van der Waals surface area contributed by atoms with Crippen LogP contribution in [0.3, 0.4) is 0 Å². The smallest absolute Gasteiger partial charge is 0.469 e. The largest absolute Gasteiger partial charge is 0.573 e. The van der Waals surface area contributed by atoms with E-state index in [-0.39, 0.29) is 12.3 Å². The van der Waals surface area contributed by atoms with Crippen molar-refractivity contribution in [2.45, 2.75) is 19.3 Å². The van der Waals surface area contributed by atoms with Crippen molar-refractivity contribution in [2.75, 3.05) is 26.8 Å². The minimum Gasteiger partial charge on any atom is -0.469 e. The summed E-state index contributed by atoms with van der Waals surface area (Å²) in [6.07, 6.45) is -2.51. The van der Waals surface area contributed by atoms with Crippen LogP contribution < -0.4 is 15.4 Å². The van der Waals surface area contributed by atoms with Gasteiger partial charge in [0.25, 0.3) is 0 Å². The number of nitrogens with one attached hydrogen (secondary N) is 2. The van der Waals surface area contributed by atoms with Crippen molar-refractivity contribution in [3.05, 3.63) is 54.0 Å². The van der Waals surface area contributed by atoms with Crippen molar-refractivity contribution in [1.82, 2.24) is 10.6 Å². The molecule has 9 heteroatoms. The maximum absolute atomic E-state index is 12.5. The van der Waals surface area contributed by atoms with E-state index >= 15 is 0 Å². The van der Waals surface area contributed by atoms with E-state index in [1.54, 1.807) is 31.6 Å². The van der Waals surface area contributed by atoms with E-state index in [4.69, 9.17) is 9.15 Å². The molecule has 6 nitrogen and oxygen atoms in total. The summed E-state index contributed by atoms with van der Waals surface area (Å²) in [5.41, 5.74) is 0.328. The number of furan rings is 1. The molecule has 0 amide bonds. The Labute approximate surface area is 155 Å². The lowest BCUT2D eigenvalue weighted by molar-refractivity contribution is -0.274. The van der Waals surface area contributed by atoms with Crippen LogP contribution in [0.2, 0.25) is 0 Å². The van der Waals surface area contributed by atoms with Crippen molar-refractivity contribution >= 4 is 5.96 Å². The Kier molecular flexibility index (Phi) is 8.00. The van der Waals surface area contributed by atoms with E-state index in [0.29, 0.717) is 37.6 Å². The predicted molar refractivity (Wildman–Crippen MR) is 94.6 cm³/mol. The summed E-state index contributed by atoms with van der Waals surface area (Å²) in [7, 11) is 1.58. The number of methoxy groups -OCH3 is 1. The highest BCUT2D eigenvalue weighted by Gasteiger charge is 2.31. The van der Waals surface area contributed by atoms with Gasteiger partial charge in [0.1, 0.15) is 11.5 Å². The number of hydrogen-bond donors (Lipinski definition) is 2. The monoisotopic (exact) mass is 385 g/mol. The highest BCUT2D eigenvalue weighted by Crippen LogP contribution is 2.26. The fourth-order valence-electron chi connectivity index (χ4n) is 2.23. The lowest BCUT2D eigenvalue weighted by Crippen LogP contribution is -2.40. The fourth-order valence-corrected chi connectivity index (χ4v) is 2.23. The molecule has 0 aliphatic rings. The van der Waals surface area contributed by atoms with E-state index in [0.717, 1.165) is 5.76 Å². The summed E-state index contributed by atoms with van der Waals surface area (Å²) in [4.78, 5) is 4.34. The summed E-state index contributed by atoms with van der Waals surface area (Å²) in [6.45, 7) is 1.54. The highest BCUT2D eigenvalue weighted by molar-refractivity contribution is 5.79. The molecule has 0 unspecified atom stereocenters. The first-order valence-electron chi connectivity index (χ1n) is 8.35. The SMILES string of the molecule is COCCNC(=NCc1ccccc1OC(F)(F)F)NCCc1ccco1. The van der Waals surface area contributed by atoms with Crippen LogP contribution in [0, 0.1) is 0 Å². The number of halogens is 3. The van der Waals surface area contributed by atoms with Gasteiger partial charge in [0.15, 0.2) is 5.96 Å². The Morgan fingerprint density at radius 2 is 1.89 bits per heavy atom. The normalized spacial score (nSPS) is 12.1. The Balaban J connectivity index is 2.00. The van der Waals surface area contributed by atoms with Gasteiger partial charge < -0.3 is 24.5 Å². The quantitative estimate of drug-likeness (QED) is 0.394. The summed E-state index contributed by atoms with van der Waals surface area (Å²) in [5, 5.41) is 6.17. The molecular weight excluding hydrogens is 363 g/mol. The van der Waals surface area contributed by atoms with E-state index in [1.165, 1.54) is 12.1 Å². The van der Waals surface area contributed by atoms with Gasteiger partial charge in [-0.2, -0.15) is 0 Å². The standard InChI is InChI=1S/C18H22F3N3O3/c1-25-12-10-23-17(22-9-8-15-6-4-11-26-15)24-13-14-5-2-3-7-16(14)27-18(19,20)21/h2-7,11H,8-10,12-13H2,1H3,(H2,22,23,24). The van der Waals surface area contributed by atoms with Gasteiger partial charge in [0, 0.05) is 32.2 Å². The molecule has 0 spiro atoms. The number of nitrogens with zero attached hydrogens (tertiary/aromatic N) is 1. The molecule has 0 radical (unpaired) electrons. The first kappa shape index (κ1) is 20.6. The zero-order valence-electron chi connectivity index (χ0n) is 14.9. The molecule has 2 aromatic rings. The number of rotatable bonds is 9. The van der Waals surface area contributed by atoms with Gasteiger partial charge >= 0.3 is 6.36 Å². The summed E-state index contributed by atoms with van der Waals surface area (Å²) >= 11 is 0. The van der Waals surface area contributed by atoms with Gasteiger partial charge in [-0.15, -0.1) is 13.2 Å². The second-order valence-corrected chi connectivity index (χ2v) is 5.50. The Bertz CT molecular complexity index is 703. The van der Waals surface area contributed by atoms with Gasteiger partial charge in [-0.3, -0.25) is 0 Å². The van der Waals surface area contributed by atoms with Gasteiger partial charge in [0.05, 0.1) is 19.4 Å². The van der Waals surface area contributed by atoms with Crippen molar-refractivity contribution in [3.63, 3.8) is 0 Å². The lowest BCUT2D eigenvalue weighted by Gasteiger charge is -2.14. The number of guanidine groups is 1. The first-order valence-corrected chi connectivity index (χ1v) is 8.35. The average molecular weight is 385 g/mol. The number of benzene rings is 1. The zero-order chi connectivity index (χ0) is 19.5. The minimum atomic E-state index is -4.75. The molecule has 0 saturated heterocycles. The van der Waals surface area contributed by atoms with Gasteiger partial charge in [-0.05, 0) is 18.2 Å². The van der Waals surface area contributed by atoms with Crippen LogP contribution in [0.5, 0.6) is 5.75 Å². The molecule has 0 bridgehead atoms. The van der Waals surface area contributed by atoms with Crippen LogP contribution in [-0.4, -0.2) is 39.1 Å². The summed E-state index contributed by atoms with van der Waals surface area (Å²) < 4.78 is 51.9. The number of aliphatic imine (C=N–C) groups is 1. The molecule has 0 atom stereocenters. The van der Waals surface area contributed by atoms with E-state index in [1.807, 2.05) is 6.07 Å². The number of ether oxygens (including phenoxy) is 2. The molecule has 0 aliphatic carbocycles. The van der Waals surface area contributed by atoms with Crippen LogP contribution in [0.15, 0.2) is 52.1 Å². The van der Waals surface area contributed by atoms with Crippen molar-refractivity contribution in [2.24, 2.45) is 4.99 Å². The molecule has 27 heavy (non-hydrogen) atoms. The number of hydrogen-bond acceptors (Lipinski definition) is 4. The minimum absolute atomic E-state index is 0.0231. The Hall–Kier alpha value is -2.68. The van der Waals surface area contributed by atoms with Crippen LogP contribution in [0.4, 0.5) is 13.2 Å². The van der Waals surface area contributed by atoms with E-state index in [2.05, 4.69) is 20.4 Å². The van der Waals surface area contributed by atoms with Crippen LogP contribution in [0.1, 0.15) is 11.3 Å². The predicted octanol–water partition coefficient (Wildman–Crippen LogP) is 3.10. The van der Waals surface area contributed by atoms with Gasteiger partial charge in [-0.1, -0.05) is 18.2 Å². The maximum atomic E-state index is 12.5. The van der Waals surface area contributed by atoms with Crippen LogP contribution in [0.25, 0.3) is 0 Å². The Morgan fingerprint density at radius 3 is 2.59 bits per heavy atom. The number of alkyl halides is 3. The molecule has 1 aromatic carbocycles.